The van der Waals surface area contributed by atoms with E-state index in [1.165, 1.54) is 10.4 Å². The van der Waals surface area contributed by atoms with Gasteiger partial charge in [-0.3, -0.25) is 0 Å². The maximum absolute atomic E-state index is 10.1. The first-order valence-electron chi connectivity index (χ1n) is 9.63. The van der Waals surface area contributed by atoms with Crippen molar-refractivity contribution in [2.75, 3.05) is 13.2 Å². The minimum atomic E-state index is -2.64. The fraction of sp³-hybridized carbons (Fsp3) is 0.455. The summed E-state index contributed by atoms with van der Waals surface area (Å²) >= 11 is 0. The van der Waals surface area contributed by atoms with Crippen LogP contribution in [0.15, 0.2) is 60.7 Å². The summed E-state index contributed by atoms with van der Waals surface area (Å²) in [4.78, 5) is 0. The highest BCUT2D eigenvalue weighted by Crippen LogP contribution is 2.40. The second kappa shape index (κ2) is 7.15. The van der Waals surface area contributed by atoms with Crippen LogP contribution in [0.1, 0.15) is 20.8 Å². The summed E-state index contributed by atoms with van der Waals surface area (Å²) in [6.45, 7) is 7.55. The highest BCUT2D eigenvalue weighted by Gasteiger charge is 2.56. The fourth-order valence-electron chi connectivity index (χ4n) is 4.46. The summed E-state index contributed by atoms with van der Waals surface area (Å²) in [7, 11) is -2.64. The van der Waals surface area contributed by atoms with Crippen molar-refractivity contribution < 1.29 is 19.0 Å². The average Bonchev–Trinajstić information content (AvgIpc) is 3.23. The van der Waals surface area contributed by atoms with E-state index in [0.717, 1.165) is 0 Å². The molecular weight excluding hydrogens is 356 g/mol. The highest BCUT2D eigenvalue weighted by atomic mass is 28.4. The van der Waals surface area contributed by atoms with E-state index in [1.54, 1.807) is 0 Å². The molecule has 0 aliphatic carbocycles. The van der Waals surface area contributed by atoms with Crippen LogP contribution in [0, 0.1) is 0 Å². The predicted molar refractivity (Wildman–Crippen MR) is 108 cm³/mol. The van der Waals surface area contributed by atoms with Gasteiger partial charge >= 0.3 is 0 Å². The Balaban J connectivity index is 1.81. The molecule has 4 nitrogen and oxygen atoms in total. The lowest BCUT2D eigenvalue weighted by Gasteiger charge is -2.45. The monoisotopic (exact) mass is 384 g/mol. The van der Waals surface area contributed by atoms with Gasteiger partial charge in [0.25, 0.3) is 8.32 Å². The molecule has 0 amide bonds. The Hall–Kier alpha value is -1.50. The van der Waals surface area contributed by atoms with Gasteiger partial charge in [0.1, 0.15) is 18.3 Å². The zero-order chi connectivity index (χ0) is 19.1. The van der Waals surface area contributed by atoms with Crippen LogP contribution in [-0.2, 0) is 13.9 Å². The zero-order valence-electron chi connectivity index (χ0n) is 16.2. The number of benzene rings is 2. The molecule has 0 saturated carbocycles. The average molecular weight is 385 g/mol. The van der Waals surface area contributed by atoms with Crippen LogP contribution in [0.5, 0.6) is 0 Å². The minimum Gasteiger partial charge on any atom is -0.399 e. The van der Waals surface area contributed by atoms with Crippen molar-refractivity contribution >= 4 is 18.7 Å². The van der Waals surface area contributed by atoms with E-state index in [-0.39, 0.29) is 23.4 Å². The molecule has 0 aromatic heterocycles. The van der Waals surface area contributed by atoms with Gasteiger partial charge in [0, 0.05) is 0 Å². The largest absolute Gasteiger partial charge is 0.399 e. The van der Waals surface area contributed by atoms with E-state index in [9.17, 15) is 5.11 Å². The minimum absolute atomic E-state index is 0.0922. The standard InChI is InChI=1S/C22H28O4Si/c1-22(2,3)27(16-10-6-4-7-11-16,17-12-8-5-9-13-17)26-19-15-25-20-18(23)14-24-21(19)20/h4-13,18-21,23H,14-15H2,1-3H3/t18-,19+,20+,21+/m1/s1. The lowest BCUT2D eigenvalue weighted by atomic mass is 10.1. The summed E-state index contributed by atoms with van der Waals surface area (Å²) in [5.74, 6) is 0. The Morgan fingerprint density at radius 2 is 1.37 bits per heavy atom. The van der Waals surface area contributed by atoms with Gasteiger partial charge < -0.3 is 19.0 Å². The molecule has 2 aliphatic rings. The summed E-state index contributed by atoms with van der Waals surface area (Å²) in [5, 5.41) is 12.5. The number of aliphatic hydroxyl groups excluding tert-OH is 1. The van der Waals surface area contributed by atoms with Gasteiger partial charge in [0.05, 0.1) is 19.3 Å². The second-order valence-corrected chi connectivity index (χ2v) is 12.7. The first kappa shape index (κ1) is 18.8. The van der Waals surface area contributed by atoms with E-state index < -0.39 is 14.4 Å². The molecule has 2 fully saturated rings. The summed E-state index contributed by atoms with van der Waals surface area (Å²) < 4.78 is 18.8. The molecule has 144 valence electrons. The van der Waals surface area contributed by atoms with Crippen molar-refractivity contribution in [3.8, 4) is 0 Å². The molecule has 27 heavy (non-hydrogen) atoms. The Kier molecular flexibility index (Phi) is 4.99. The maximum Gasteiger partial charge on any atom is 0.261 e. The summed E-state index contributed by atoms with van der Waals surface area (Å²) in [6.07, 6.45) is -1.24. The Morgan fingerprint density at radius 3 is 1.89 bits per heavy atom. The van der Waals surface area contributed by atoms with Gasteiger partial charge in [-0.25, -0.2) is 0 Å². The number of hydrogen-bond acceptors (Lipinski definition) is 4. The van der Waals surface area contributed by atoms with Gasteiger partial charge in [-0.15, -0.1) is 0 Å². The lowest BCUT2D eigenvalue weighted by molar-refractivity contribution is 0.00654. The molecule has 0 bridgehead atoms. The number of ether oxygens (including phenoxy) is 2. The molecule has 2 aromatic carbocycles. The third kappa shape index (κ3) is 3.17. The van der Waals surface area contributed by atoms with E-state index in [0.29, 0.717) is 13.2 Å². The molecule has 4 atom stereocenters. The molecule has 0 unspecified atom stereocenters. The molecule has 2 aromatic rings. The summed E-state index contributed by atoms with van der Waals surface area (Å²) in [5.41, 5.74) is 0. The molecule has 2 saturated heterocycles. The number of rotatable bonds is 4. The van der Waals surface area contributed by atoms with Crippen molar-refractivity contribution in [3.05, 3.63) is 60.7 Å². The van der Waals surface area contributed by atoms with Crippen LogP contribution in [0.4, 0.5) is 0 Å². The lowest BCUT2D eigenvalue weighted by Crippen LogP contribution is -2.68. The number of aliphatic hydroxyl groups is 1. The van der Waals surface area contributed by atoms with E-state index >= 15 is 0 Å². The Labute approximate surface area is 162 Å². The third-order valence-corrected chi connectivity index (χ3v) is 10.8. The molecule has 1 N–H and O–H groups in total. The van der Waals surface area contributed by atoms with Gasteiger partial charge in [0.2, 0.25) is 0 Å². The number of fused-ring (bicyclic) bond motifs is 1. The molecular formula is C22H28O4Si. The van der Waals surface area contributed by atoms with Crippen LogP contribution >= 0.6 is 0 Å². The van der Waals surface area contributed by atoms with Crippen LogP contribution in [0.25, 0.3) is 0 Å². The predicted octanol–water partition coefficient (Wildman–Crippen LogP) is 2.09. The zero-order valence-corrected chi connectivity index (χ0v) is 17.2. The molecule has 5 heteroatoms. The van der Waals surface area contributed by atoms with Crippen LogP contribution in [-0.4, -0.2) is 51.1 Å². The topological polar surface area (TPSA) is 47.9 Å². The Bertz CT molecular complexity index is 719. The number of hydrogen-bond donors (Lipinski definition) is 1. The summed E-state index contributed by atoms with van der Waals surface area (Å²) in [6, 6.07) is 21.1. The Morgan fingerprint density at radius 1 is 0.852 bits per heavy atom. The van der Waals surface area contributed by atoms with Crippen LogP contribution < -0.4 is 10.4 Å². The highest BCUT2D eigenvalue weighted by molar-refractivity contribution is 6.99. The smallest absolute Gasteiger partial charge is 0.261 e. The first-order valence-corrected chi connectivity index (χ1v) is 11.5. The molecule has 2 heterocycles. The van der Waals surface area contributed by atoms with E-state index in [1.807, 2.05) is 12.1 Å². The van der Waals surface area contributed by atoms with Crippen molar-refractivity contribution in [1.29, 1.82) is 0 Å². The van der Waals surface area contributed by atoms with Crippen molar-refractivity contribution in [3.63, 3.8) is 0 Å². The van der Waals surface area contributed by atoms with Crippen LogP contribution in [0.2, 0.25) is 5.04 Å². The van der Waals surface area contributed by atoms with Gasteiger partial charge in [-0.2, -0.15) is 0 Å². The molecule has 0 spiro atoms. The van der Waals surface area contributed by atoms with Crippen molar-refractivity contribution in [2.24, 2.45) is 0 Å². The SMILES string of the molecule is CC(C)(C)[Si](O[C@H]1CO[C@@H]2[C@H]1OC[C@H]2O)(c1ccccc1)c1ccccc1. The third-order valence-electron chi connectivity index (χ3n) is 5.73. The normalized spacial score (nSPS) is 28.3. The van der Waals surface area contributed by atoms with Crippen molar-refractivity contribution in [1.82, 2.24) is 0 Å². The van der Waals surface area contributed by atoms with Crippen LogP contribution in [0.3, 0.4) is 0 Å². The molecule has 0 radical (unpaired) electrons. The molecule has 4 rings (SSSR count). The first-order chi connectivity index (χ1) is 12.9. The quantitative estimate of drug-likeness (QED) is 0.820. The maximum atomic E-state index is 10.1. The van der Waals surface area contributed by atoms with Gasteiger partial charge in [0.15, 0.2) is 0 Å². The van der Waals surface area contributed by atoms with E-state index in [2.05, 4.69) is 69.3 Å². The van der Waals surface area contributed by atoms with Crippen molar-refractivity contribution in [2.45, 2.75) is 50.2 Å². The second-order valence-electron chi connectivity index (χ2n) is 8.48. The molecule has 2 aliphatic heterocycles. The van der Waals surface area contributed by atoms with Gasteiger partial charge in [-0.05, 0) is 15.4 Å². The van der Waals surface area contributed by atoms with E-state index in [4.69, 9.17) is 13.9 Å². The fourth-order valence-corrected chi connectivity index (χ4v) is 9.13. The van der Waals surface area contributed by atoms with Gasteiger partial charge in [-0.1, -0.05) is 81.4 Å².